The van der Waals surface area contributed by atoms with Crippen LogP contribution in [0.2, 0.25) is 0 Å². The SMILES string of the molecule is C=CCN(C(=O)C(CC(C)C)NC(=O)OC(C)(C)C)C(C(=O)NCCCC)c1ccc(CC)cc1. The molecule has 0 fully saturated rings. The number of nitrogens with one attached hydrogen (secondary N) is 2. The fourth-order valence-corrected chi connectivity index (χ4v) is 3.70. The number of benzene rings is 1. The Morgan fingerprint density at radius 3 is 2.23 bits per heavy atom. The van der Waals surface area contributed by atoms with E-state index >= 15 is 0 Å². The second-order valence-corrected chi connectivity index (χ2v) is 10.2. The van der Waals surface area contributed by atoms with Crippen LogP contribution in [0.3, 0.4) is 0 Å². The molecule has 35 heavy (non-hydrogen) atoms. The molecule has 2 atom stereocenters. The maximum Gasteiger partial charge on any atom is 0.408 e. The normalized spacial score (nSPS) is 13.0. The molecule has 196 valence electrons. The number of carbonyl (C=O) groups is 3. The number of alkyl carbamates (subject to hydrolysis) is 1. The largest absolute Gasteiger partial charge is 0.444 e. The molecular formula is C28H45N3O4. The van der Waals surface area contributed by atoms with Gasteiger partial charge in [-0.2, -0.15) is 0 Å². The molecule has 0 aliphatic rings. The number of amides is 3. The zero-order valence-electron chi connectivity index (χ0n) is 22.6. The molecule has 7 nitrogen and oxygen atoms in total. The van der Waals surface area contributed by atoms with Crippen molar-refractivity contribution in [2.75, 3.05) is 13.1 Å². The van der Waals surface area contributed by atoms with Gasteiger partial charge in [0.15, 0.2) is 0 Å². The first kappa shape index (κ1) is 30.2. The first-order valence-corrected chi connectivity index (χ1v) is 12.7. The highest BCUT2D eigenvalue weighted by Gasteiger charge is 2.36. The Labute approximate surface area is 211 Å². The van der Waals surface area contributed by atoms with Gasteiger partial charge in [-0.1, -0.05) is 64.5 Å². The van der Waals surface area contributed by atoms with Crippen LogP contribution in [0.4, 0.5) is 4.79 Å². The number of hydrogen-bond acceptors (Lipinski definition) is 4. The van der Waals surface area contributed by atoms with Gasteiger partial charge in [-0.15, -0.1) is 6.58 Å². The molecule has 0 aromatic heterocycles. The molecule has 1 rings (SSSR count). The molecule has 1 aromatic rings. The highest BCUT2D eigenvalue weighted by Crippen LogP contribution is 2.24. The van der Waals surface area contributed by atoms with Crippen LogP contribution in [0.5, 0.6) is 0 Å². The lowest BCUT2D eigenvalue weighted by molar-refractivity contribution is -0.142. The van der Waals surface area contributed by atoms with Gasteiger partial charge in [-0.3, -0.25) is 9.59 Å². The van der Waals surface area contributed by atoms with Crippen LogP contribution in [-0.2, 0) is 20.7 Å². The molecule has 2 N–H and O–H groups in total. The first-order valence-electron chi connectivity index (χ1n) is 12.7. The van der Waals surface area contributed by atoms with Crippen molar-refractivity contribution in [3.63, 3.8) is 0 Å². The van der Waals surface area contributed by atoms with Gasteiger partial charge in [0.25, 0.3) is 0 Å². The average Bonchev–Trinajstić information content (AvgIpc) is 2.77. The van der Waals surface area contributed by atoms with Gasteiger partial charge in [0.05, 0.1) is 0 Å². The van der Waals surface area contributed by atoms with Gasteiger partial charge in [0, 0.05) is 13.1 Å². The topological polar surface area (TPSA) is 87.7 Å². The Kier molecular flexibility index (Phi) is 12.5. The van der Waals surface area contributed by atoms with Crippen molar-refractivity contribution in [3.8, 4) is 0 Å². The quantitative estimate of drug-likeness (QED) is 0.297. The van der Waals surface area contributed by atoms with Crippen molar-refractivity contribution in [2.24, 2.45) is 5.92 Å². The van der Waals surface area contributed by atoms with Gasteiger partial charge in [-0.05, 0) is 57.1 Å². The fourth-order valence-electron chi connectivity index (χ4n) is 3.70. The van der Waals surface area contributed by atoms with E-state index in [0.717, 1.165) is 24.8 Å². The highest BCUT2D eigenvalue weighted by molar-refractivity contribution is 5.92. The molecule has 7 heteroatoms. The number of ether oxygens (including phenoxy) is 1. The maximum absolute atomic E-state index is 13.9. The van der Waals surface area contributed by atoms with Gasteiger partial charge in [0.1, 0.15) is 17.7 Å². The monoisotopic (exact) mass is 487 g/mol. The third-order valence-electron chi connectivity index (χ3n) is 5.40. The van der Waals surface area contributed by atoms with E-state index in [4.69, 9.17) is 4.74 Å². The lowest BCUT2D eigenvalue weighted by Crippen LogP contribution is -2.53. The van der Waals surface area contributed by atoms with Gasteiger partial charge >= 0.3 is 6.09 Å². The third-order valence-corrected chi connectivity index (χ3v) is 5.40. The van der Waals surface area contributed by atoms with Crippen LogP contribution in [0, 0.1) is 5.92 Å². The Balaban J connectivity index is 3.38. The molecule has 3 amide bonds. The smallest absolute Gasteiger partial charge is 0.408 e. The molecule has 0 bridgehead atoms. The minimum Gasteiger partial charge on any atom is -0.444 e. The summed E-state index contributed by atoms with van der Waals surface area (Å²) in [6, 6.07) is 6.05. The van der Waals surface area contributed by atoms with Crippen LogP contribution < -0.4 is 10.6 Å². The fraction of sp³-hybridized carbons (Fsp3) is 0.607. The predicted molar refractivity (Wildman–Crippen MR) is 141 cm³/mol. The number of unbranched alkanes of at least 4 members (excludes halogenated alkanes) is 1. The summed E-state index contributed by atoms with van der Waals surface area (Å²) in [4.78, 5) is 41.3. The van der Waals surface area contributed by atoms with Crippen molar-refractivity contribution in [1.29, 1.82) is 0 Å². The van der Waals surface area contributed by atoms with Gasteiger partial charge in [0.2, 0.25) is 11.8 Å². The molecule has 0 spiro atoms. The summed E-state index contributed by atoms with van der Waals surface area (Å²) >= 11 is 0. The molecular weight excluding hydrogens is 442 g/mol. The minimum atomic E-state index is -0.849. The van der Waals surface area contributed by atoms with Crippen molar-refractivity contribution in [2.45, 2.75) is 91.8 Å². The van der Waals surface area contributed by atoms with Crippen LogP contribution in [0.15, 0.2) is 36.9 Å². The van der Waals surface area contributed by atoms with E-state index in [1.54, 1.807) is 26.8 Å². The molecule has 0 aliphatic carbocycles. The van der Waals surface area contributed by atoms with Crippen LogP contribution in [0.1, 0.15) is 84.9 Å². The van der Waals surface area contributed by atoms with E-state index < -0.39 is 23.8 Å². The molecule has 0 heterocycles. The van der Waals surface area contributed by atoms with E-state index in [-0.39, 0.29) is 24.3 Å². The van der Waals surface area contributed by atoms with Gasteiger partial charge in [-0.25, -0.2) is 4.79 Å². The molecule has 0 aliphatic heterocycles. The van der Waals surface area contributed by atoms with E-state index in [1.165, 1.54) is 4.90 Å². The Bertz CT molecular complexity index is 828. The Hall–Kier alpha value is -2.83. The Morgan fingerprint density at radius 2 is 1.74 bits per heavy atom. The van der Waals surface area contributed by atoms with E-state index in [1.807, 2.05) is 38.1 Å². The zero-order chi connectivity index (χ0) is 26.6. The van der Waals surface area contributed by atoms with Crippen molar-refractivity contribution in [1.82, 2.24) is 15.5 Å². The molecule has 0 radical (unpaired) electrons. The maximum atomic E-state index is 13.9. The summed E-state index contributed by atoms with van der Waals surface area (Å²) in [6.45, 7) is 17.9. The number of aryl methyl sites for hydroxylation is 1. The number of nitrogens with zero attached hydrogens (tertiary/aromatic N) is 1. The number of carbonyl (C=O) groups excluding carboxylic acids is 3. The highest BCUT2D eigenvalue weighted by atomic mass is 16.6. The third kappa shape index (κ3) is 10.5. The zero-order valence-corrected chi connectivity index (χ0v) is 22.6. The predicted octanol–water partition coefficient (Wildman–Crippen LogP) is 5.16. The Morgan fingerprint density at radius 1 is 1.11 bits per heavy atom. The lowest BCUT2D eigenvalue weighted by atomic mass is 9.98. The number of rotatable bonds is 13. The number of hydrogen-bond donors (Lipinski definition) is 2. The van der Waals surface area contributed by atoms with Crippen LogP contribution in [0.25, 0.3) is 0 Å². The molecule has 0 saturated carbocycles. The molecule has 1 aromatic carbocycles. The molecule has 2 unspecified atom stereocenters. The van der Waals surface area contributed by atoms with Crippen LogP contribution in [-0.4, -0.2) is 47.5 Å². The first-order chi connectivity index (χ1) is 16.4. The summed E-state index contributed by atoms with van der Waals surface area (Å²) in [6.07, 6.45) is 4.01. The lowest BCUT2D eigenvalue weighted by Gasteiger charge is -2.34. The second kappa shape index (κ2) is 14.5. The summed E-state index contributed by atoms with van der Waals surface area (Å²) in [5, 5.41) is 5.72. The second-order valence-electron chi connectivity index (χ2n) is 10.2. The molecule has 0 saturated heterocycles. The summed E-state index contributed by atoms with van der Waals surface area (Å²) in [5.41, 5.74) is 1.16. The van der Waals surface area contributed by atoms with Gasteiger partial charge < -0.3 is 20.3 Å². The van der Waals surface area contributed by atoms with E-state index in [0.29, 0.717) is 18.5 Å². The van der Waals surface area contributed by atoms with E-state index in [9.17, 15) is 14.4 Å². The average molecular weight is 488 g/mol. The summed E-state index contributed by atoms with van der Waals surface area (Å²) in [5.74, 6) is -0.469. The summed E-state index contributed by atoms with van der Waals surface area (Å²) < 4.78 is 5.40. The van der Waals surface area contributed by atoms with Crippen molar-refractivity contribution >= 4 is 17.9 Å². The van der Waals surface area contributed by atoms with Crippen molar-refractivity contribution < 1.29 is 19.1 Å². The minimum absolute atomic E-state index is 0.130. The summed E-state index contributed by atoms with van der Waals surface area (Å²) in [7, 11) is 0. The van der Waals surface area contributed by atoms with Crippen molar-refractivity contribution in [3.05, 3.63) is 48.0 Å². The van der Waals surface area contributed by atoms with Crippen LogP contribution >= 0.6 is 0 Å². The standard InChI is InChI=1S/C28H45N3O4/c1-9-12-17-29-25(32)24(22-15-13-21(11-3)14-16-22)31(18-10-2)26(33)23(19-20(4)5)30-27(34)35-28(6,7)8/h10,13-16,20,23-24H,2,9,11-12,17-19H2,1,3-8H3,(H,29,32)(H,30,34). The van der Waals surface area contributed by atoms with E-state index in [2.05, 4.69) is 31.1 Å².